The molecule has 0 aliphatic heterocycles. The lowest BCUT2D eigenvalue weighted by atomic mass is 10.2. The van der Waals surface area contributed by atoms with E-state index in [0.29, 0.717) is 5.56 Å². The molecule has 138 valence electrons. The van der Waals surface area contributed by atoms with Gasteiger partial charge in [-0.25, -0.2) is 17.9 Å². The predicted molar refractivity (Wildman–Crippen MR) is 95.0 cm³/mol. The molecule has 2 aromatic carbocycles. The molecule has 1 amide bonds. The van der Waals surface area contributed by atoms with Gasteiger partial charge >= 0.3 is 0 Å². The summed E-state index contributed by atoms with van der Waals surface area (Å²) in [6.07, 6.45) is 2.59. The standard InChI is InChI=1S/C17H17FN2O5S/c1-24-14-6-3-11(9-13(14)18)4-8-17(21)20-12-5-7-15(25-2)16(10-12)26(19,22)23/h3-10H,1-2H3,(H,20,21)(H2,19,22,23)/b8-4+. The first-order chi connectivity index (χ1) is 12.2. The van der Waals surface area contributed by atoms with Crippen LogP contribution in [0.25, 0.3) is 6.08 Å². The third kappa shape index (κ3) is 4.80. The normalized spacial score (nSPS) is 11.4. The molecule has 0 fully saturated rings. The van der Waals surface area contributed by atoms with Crippen LogP contribution in [-0.4, -0.2) is 28.5 Å². The Morgan fingerprint density at radius 2 is 1.77 bits per heavy atom. The van der Waals surface area contributed by atoms with E-state index < -0.39 is 21.7 Å². The van der Waals surface area contributed by atoms with Crippen molar-refractivity contribution in [3.63, 3.8) is 0 Å². The van der Waals surface area contributed by atoms with Gasteiger partial charge in [-0.15, -0.1) is 0 Å². The van der Waals surface area contributed by atoms with E-state index in [0.717, 1.165) is 0 Å². The summed E-state index contributed by atoms with van der Waals surface area (Å²) in [5, 5.41) is 7.62. The van der Waals surface area contributed by atoms with Crippen molar-refractivity contribution in [2.75, 3.05) is 19.5 Å². The molecule has 9 heteroatoms. The first-order valence-corrected chi connectivity index (χ1v) is 8.82. The number of anilines is 1. The maximum absolute atomic E-state index is 13.6. The second-order valence-electron chi connectivity index (χ2n) is 5.13. The second-order valence-corrected chi connectivity index (χ2v) is 6.66. The number of nitrogens with one attached hydrogen (secondary N) is 1. The number of amides is 1. The number of methoxy groups -OCH3 is 2. The number of ether oxygens (including phenoxy) is 2. The van der Waals surface area contributed by atoms with Crippen molar-refractivity contribution < 1.29 is 27.1 Å². The van der Waals surface area contributed by atoms with Crippen LogP contribution in [0.1, 0.15) is 5.56 Å². The highest BCUT2D eigenvalue weighted by Gasteiger charge is 2.16. The van der Waals surface area contributed by atoms with Crippen molar-refractivity contribution in [3.8, 4) is 11.5 Å². The number of carbonyl (C=O) groups excluding carboxylic acids is 1. The van der Waals surface area contributed by atoms with Crippen LogP contribution in [0.5, 0.6) is 11.5 Å². The summed E-state index contributed by atoms with van der Waals surface area (Å²) in [6, 6.07) is 8.26. The molecule has 7 nitrogen and oxygen atoms in total. The first-order valence-electron chi connectivity index (χ1n) is 7.28. The van der Waals surface area contributed by atoms with E-state index in [1.165, 1.54) is 56.7 Å². The molecule has 0 atom stereocenters. The molecule has 0 radical (unpaired) electrons. The highest BCUT2D eigenvalue weighted by atomic mass is 32.2. The molecule has 0 bridgehead atoms. The van der Waals surface area contributed by atoms with E-state index in [4.69, 9.17) is 14.6 Å². The number of carbonyl (C=O) groups is 1. The van der Waals surface area contributed by atoms with Crippen LogP contribution in [-0.2, 0) is 14.8 Å². The first kappa shape index (κ1) is 19.4. The molecule has 0 unspecified atom stereocenters. The van der Waals surface area contributed by atoms with Crippen LogP contribution in [0.2, 0.25) is 0 Å². The number of benzene rings is 2. The molecular weight excluding hydrogens is 363 g/mol. The Bertz CT molecular complexity index is 958. The van der Waals surface area contributed by atoms with Crippen LogP contribution >= 0.6 is 0 Å². The van der Waals surface area contributed by atoms with Crippen LogP contribution in [0.15, 0.2) is 47.4 Å². The molecule has 0 saturated heterocycles. The Balaban J connectivity index is 2.16. The number of primary sulfonamides is 1. The van der Waals surface area contributed by atoms with Crippen molar-refractivity contribution in [3.05, 3.63) is 53.9 Å². The van der Waals surface area contributed by atoms with Gasteiger partial charge in [-0.2, -0.15) is 0 Å². The van der Waals surface area contributed by atoms with E-state index in [9.17, 15) is 17.6 Å². The van der Waals surface area contributed by atoms with Crippen LogP contribution in [0.4, 0.5) is 10.1 Å². The SMILES string of the molecule is COc1ccc(/C=C/C(=O)Nc2ccc(OC)c(S(N)(=O)=O)c2)cc1F. The summed E-state index contributed by atoms with van der Waals surface area (Å²) >= 11 is 0. The van der Waals surface area contributed by atoms with E-state index in [1.54, 1.807) is 6.07 Å². The molecule has 0 aliphatic rings. The Kier molecular flexibility index (Phi) is 5.96. The van der Waals surface area contributed by atoms with Gasteiger partial charge in [0.1, 0.15) is 10.6 Å². The van der Waals surface area contributed by atoms with Crippen LogP contribution in [0, 0.1) is 5.82 Å². The number of hydrogen-bond acceptors (Lipinski definition) is 5. The van der Waals surface area contributed by atoms with Gasteiger partial charge in [0.25, 0.3) is 0 Å². The summed E-state index contributed by atoms with van der Waals surface area (Å²) in [6.45, 7) is 0. The van der Waals surface area contributed by atoms with Gasteiger partial charge in [0, 0.05) is 11.8 Å². The molecular formula is C17H17FN2O5S. The molecule has 0 spiro atoms. The summed E-state index contributed by atoms with van der Waals surface area (Å²) in [7, 11) is -1.36. The van der Waals surface area contributed by atoms with Gasteiger partial charge in [0.05, 0.1) is 14.2 Å². The summed E-state index contributed by atoms with van der Waals surface area (Å²) < 4.78 is 46.5. The molecule has 0 saturated carbocycles. The molecule has 2 aromatic rings. The maximum Gasteiger partial charge on any atom is 0.248 e. The smallest absolute Gasteiger partial charge is 0.248 e. The number of nitrogens with two attached hydrogens (primary N) is 1. The maximum atomic E-state index is 13.6. The summed E-state index contributed by atoms with van der Waals surface area (Å²) in [5.41, 5.74) is 0.670. The number of halogens is 1. The van der Waals surface area contributed by atoms with Crippen molar-refractivity contribution in [1.29, 1.82) is 0 Å². The van der Waals surface area contributed by atoms with Gasteiger partial charge in [-0.05, 0) is 42.0 Å². The van der Waals surface area contributed by atoms with Gasteiger partial charge in [0.2, 0.25) is 15.9 Å². The average Bonchev–Trinajstić information content (AvgIpc) is 2.59. The van der Waals surface area contributed by atoms with E-state index in [-0.39, 0.29) is 22.1 Å². The number of rotatable bonds is 6. The van der Waals surface area contributed by atoms with Gasteiger partial charge in [0.15, 0.2) is 11.6 Å². The van der Waals surface area contributed by atoms with E-state index in [1.807, 2.05) is 0 Å². The van der Waals surface area contributed by atoms with Crippen molar-refractivity contribution in [2.45, 2.75) is 4.90 Å². The quantitative estimate of drug-likeness (QED) is 0.747. The fourth-order valence-corrected chi connectivity index (χ4v) is 2.84. The minimum absolute atomic E-state index is 0.0646. The molecule has 2 rings (SSSR count). The monoisotopic (exact) mass is 380 g/mol. The molecule has 0 aliphatic carbocycles. The molecule has 0 aromatic heterocycles. The average molecular weight is 380 g/mol. The molecule has 0 heterocycles. The Morgan fingerprint density at radius 1 is 1.12 bits per heavy atom. The minimum atomic E-state index is -4.02. The topological polar surface area (TPSA) is 108 Å². The zero-order valence-corrected chi connectivity index (χ0v) is 14.8. The summed E-state index contributed by atoms with van der Waals surface area (Å²) in [4.78, 5) is 11.7. The number of sulfonamides is 1. The lowest BCUT2D eigenvalue weighted by molar-refractivity contribution is -0.111. The van der Waals surface area contributed by atoms with Crippen LogP contribution in [0.3, 0.4) is 0 Å². The number of hydrogen-bond donors (Lipinski definition) is 2. The van der Waals surface area contributed by atoms with E-state index >= 15 is 0 Å². The van der Waals surface area contributed by atoms with Crippen molar-refractivity contribution in [2.24, 2.45) is 5.14 Å². The highest BCUT2D eigenvalue weighted by molar-refractivity contribution is 7.89. The Morgan fingerprint density at radius 3 is 2.35 bits per heavy atom. The van der Waals surface area contributed by atoms with Crippen LogP contribution < -0.4 is 19.9 Å². The van der Waals surface area contributed by atoms with Crippen molar-refractivity contribution in [1.82, 2.24) is 0 Å². The fourth-order valence-electron chi connectivity index (χ4n) is 2.12. The molecule has 26 heavy (non-hydrogen) atoms. The third-order valence-electron chi connectivity index (χ3n) is 3.34. The lowest BCUT2D eigenvalue weighted by Gasteiger charge is -2.09. The van der Waals surface area contributed by atoms with Gasteiger partial charge in [-0.3, -0.25) is 4.79 Å². The largest absolute Gasteiger partial charge is 0.495 e. The third-order valence-corrected chi connectivity index (χ3v) is 4.27. The van der Waals surface area contributed by atoms with Gasteiger partial charge < -0.3 is 14.8 Å². The molecule has 3 N–H and O–H groups in total. The zero-order valence-electron chi connectivity index (χ0n) is 14.0. The second kappa shape index (κ2) is 7.98. The minimum Gasteiger partial charge on any atom is -0.495 e. The fraction of sp³-hybridized carbons (Fsp3) is 0.118. The zero-order chi connectivity index (χ0) is 19.3. The predicted octanol–water partition coefficient (Wildman–Crippen LogP) is 2.14. The lowest BCUT2D eigenvalue weighted by Crippen LogP contribution is -2.15. The van der Waals surface area contributed by atoms with E-state index in [2.05, 4.69) is 5.32 Å². The Labute approximate surface area is 150 Å². The highest BCUT2D eigenvalue weighted by Crippen LogP contribution is 2.26. The van der Waals surface area contributed by atoms with Gasteiger partial charge in [-0.1, -0.05) is 6.07 Å². The Hall–Kier alpha value is -2.91. The summed E-state index contributed by atoms with van der Waals surface area (Å²) in [5.74, 6) is -0.926. The van der Waals surface area contributed by atoms with Crippen molar-refractivity contribution >= 4 is 27.7 Å².